The maximum atomic E-state index is 12.0. The van der Waals surface area contributed by atoms with Gasteiger partial charge in [0.1, 0.15) is 0 Å². The van der Waals surface area contributed by atoms with Crippen LogP contribution in [-0.2, 0) is 4.79 Å². The molecule has 2 unspecified atom stereocenters. The molecule has 1 fully saturated rings. The standard InChI is InChI=1S/C12H19N3OS/c1-7-11(17-9(3)14-7)8(2)15-12(16)10-5-4-6-13-10/h8,10,13H,4-6H2,1-3H3,(H,15,16). The van der Waals surface area contributed by atoms with E-state index < -0.39 is 0 Å². The molecule has 1 saturated heterocycles. The number of amides is 1. The number of hydrogen-bond acceptors (Lipinski definition) is 4. The van der Waals surface area contributed by atoms with Gasteiger partial charge in [-0.25, -0.2) is 4.98 Å². The number of nitrogens with zero attached hydrogens (tertiary/aromatic N) is 1. The molecule has 0 aromatic carbocycles. The highest BCUT2D eigenvalue weighted by Gasteiger charge is 2.24. The largest absolute Gasteiger partial charge is 0.347 e. The van der Waals surface area contributed by atoms with Gasteiger partial charge >= 0.3 is 0 Å². The van der Waals surface area contributed by atoms with Crippen LogP contribution in [-0.4, -0.2) is 23.5 Å². The molecule has 17 heavy (non-hydrogen) atoms. The topological polar surface area (TPSA) is 54.0 Å². The molecule has 2 heterocycles. The van der Waals surface area contributed by atoms with Crippen LogP contribution in [0, 0.1) is 13.8 Å². The molecule has 1 amide bonds. The Morgan fingerprint density at radius 1 is 1.59 bits per heavy atom. The number of aromatic nitrogens is 1. The van der Waals surface area contributed by atoms with E-state index in [1.807, 2.05) is 20.8 Å². The lowest BCUT2D eigenvalue weighted by Crippen LogP contribution is -2.41. The highest BCUT2D eigenvalue weighted by Crippen LogP contribution is 2.24. The van der Waals surface area contributed by atoms with Gasteiger partial charge in [-0.15, -0.1) is 11.3 Å². The smallest absolute Gasteiger partial charge is 0.237 e. The molecule has 2 atom stereocenters. The molecule has 1 aromatic heterocycles. The molecule has 0 radical (unpaired) electrons. The van der Waals surface area contributed by atoms with Crippen molar-refractivity contribution in [2.24, 2.45) is 0 Å². The fourth-order valence-corrected chi connectivity index (χ4v) is 3.17. The van der Waals surface area contributed by atoms with Gasteiger partial charge < -0.3 is 10.6 Å². The predicted molar refractivity (Wildman–Crippen MR) is 69.2 cm³/mol. The third-order valence-corrected chi connectivity index (χ3v) is 4.32. The summed E-state index contributed by atoms with van der Waals surface area (Å²) in [5.41, 5.74) is 1.03. The molecular formula is C12H19N3OS. The van der Waals surface area contributed by atoms with Crippen molar-refractivity contribution in [2.75, 3.05) is 6.54 Å². The second-order valence-corrected chi connectivity index (χ2v) is 5.80. The molecule has 2 rings (SSSR count). The number of hydrogen-bond donors (Lipinski definition) is 2. The number of aryl methyl sites for hydroxylation is 2. The first-order chi connectivity index (χ1) is 8.08. The Morgan fingerprint density at radius 2 is 2.35 bits per heavy atom. The molecule has 0 saturated carbocycles. The molecule has 0 bridgehead atoms. The Labute approximate surface area is 106 Å². The minimum Gasteiger partial charge on any atom is -0.347 e. The van der Waals surface area contributed by atoms with E-state index in [1.165, 1.54) is 0 Å². The second-order valence-electron chi connectivity index (χ2n) is 4.56. The van der Waals surface area contributed by atoms with Crippen molar-refractivity contribution in [2.45, 2.75) is 45.7 Å². The van der Waals surface area contributed by atoms with E-state index in [2.05, 4.69) is 15.6 Å². The van der Waals surface area contributed by atoms with E-state index in [4.69, 9.17) is 0 Å². The van der Waals surface area contributed by atoms with Gasteiger partial charge in [0.25, 0.3) is 0 Å². The molecule has 1 aromatic rings. The molecule has 5 heteroatoms. The van der Waals surface area contributed by atoms with Gasteiger partial charge in [-0.2, -0.15) is 0 Å². The summed E-state index contributed by atoms with van der Waals surface area (Å²) in [6.45, 7) is 6.96. The lowest BCUT2D eigenvalue weighted by Gasteiger charge is -2.16. The van der Waals surface area contributed by atoms with Crippen molar-refractivity contribution in [1.82, 2.24) is 15.6 Å². The van der Waals surface area contributed by atoms with Gasteiger partial charge in [0.2, 0.25) is 5.91 Å². The van der Waals surface area contributed by atoms with Crippen LogP contribution in [0.5, 0.6) is 0 Å². The van der Waals surface area contributed by atoms with Crippen molar-refractivity contribution in [3.05, 3.63) is 15.6 Å². The Morgan fingerprint density at radius 3 is 2.88 bits per heavy atom. The summed E-state index contributed by atoms with van der Waals surface area (Å²) in [6.07, 6.45) is 2.03. The van der Waals surface area contributed by atoms with Gasteiger partial charge in [-0.3, -0.25) is 4.79 Å². The normalized spacial score (nSPS) is 21.5. The quantitative estimate of drug-likeness (QED) is 0.862. The molecular weight excluding hydrogens is 234 g/mol. The summed E-state index contributed by atoms with van der Waals surface area (Å²) in [5, 5.41) is 7.32. The zero-order chi connectivity index (χ0) is 12.4. The summed E-state index contributed by atoms with van der Waals surface area (Å²) in [4.78, 5) is 17.5. The van der Waals surface area contributed by atoms with E-state index in [1.54, 1.807) is 11.3 Å². The van der Waals surface area contributed by atoms with Gasteiger partial charge in [-0.1, -0.05) is 0 Å². The summed E-state index contributed by atoms with van der Waals surface area (Å²) in [6, 6.07) is 0.0443. The van der Waals surface area contributed by atoms with Crippen LogP contribution in [0.15, 0.2) is 0 Å². The van der Waals surface area contributed by atoms with Crippen LogP contribution in [0.25, 0.3) is 0 Å². The van der Waals surface area contributed by atoms with Crippen LogP contribution in [0.4, 0.5) is 0 Å². The molecule has 0 spiro atoms. The fraction of sp³-hybridized carbons (Fsp3) is 0.667. The van der Waals surface area contributed by atoms with Crippen LogP contribution < -0.4 is 10.6 Å². The number of carbonyl (C=O) groups excluding carboxylic acids is 1. The number of thiazole rings is 1. The average molecular weight is 253 g/mol. The maximum Gasteiger partial charge on any atom is 0.237 e. The Hall–Kier alpha value is -0.940. The molecule has 4 nitrogen and oxygen atoms in total. The SMILES string of the molecule is Cc1nc(C)c(C(C)NC(=O)C2CCCN2)s1. The fourth-order valence-electron chi connectivity index (χ4n) is 2.24. The minimum atomic E-state index is -0.00762. The van der Waals surface area contributed by atoms with E-state index in [-0.39, 0.29) is 18.0 Å². The van der Waals surface area contributed by atoms with Gasteiger partial charge in [0.05, 0.1) is 22.8 Å². The number of nitrogens with one attached hydrogen (secondary N) is 2. The average Bonchev–Trinajstić information content (AvgIpc) is 2.87. The second kappa shape index (κ2) is 5.14. The molecule has 1 aliphatic rings. The molecule has 1 aliphatic heterocycles. The van der Waals surface area contributed by atoms with Gasteiger partial charge in [-0.05, 0) is 40.2 Å². The van der Waals surface area contributed by atoms with E-state index in [0.717, 1.165) is 35.0 Å². The lowest BCUT2D eigenvalue weighted by molar-refractivity contribution is -0.123. The van der Waals surface area contributed by atoms with Crippen LogP contribution in [0.2, 0.25) is 0 Å². The van der Waals surface area contributed by atoms with Crippen molar-refractivity contribution in [1.29, 1.82) is 0 Å². The van der Waals surface area contributed by atoms with E-state index in [9.17, 15) is 4.79 Å². The Balaban J connectivity index is 1.98. The zero-order valence-corrected chi connectivity index (χ0v) is 11.4. The lowest BCUT2D eigenvalue weighted by atomic mass is 10.2. The highest BCUT2D eigenvalue weighted by molar-refractivity contribution is 7.11. The first-order valence-electron chi connectivity index (χ1n) is 6.05. The Bertz CT molecular complexity index is 410. The zero-order valence-electron chi connectivity index (χ0n) is 10.5. The summed E-state index contributed by atoms with van der Waals surface area (Å²) in [7, 11) is 0. The van der Waals surface area contributed by atoms with Crippen LogP contribution in [0.1, 0.15) is 41.4 Å². The third kappa shape index (κ3) is 2.84. The van der Waals surface area contributed by atoms with Gasteiger partial charge in [0, 0.05) is 4.88 Å². The van der Waals surface area contributed by atoms with Crippen molar-refractivity contribution in [3.63, 3.8) is 0 Å². The summed E-state index contributed by atoms with van der Waals surface area (Å²) < 4.78 is 0. The first kappa shape index (κ1) is 12.5. The maximum absolute atomic E-state index is 12.0. The van der Waals surface area contributed by atoms with Gasteiger partial charge in [0.15, 0.2) is 0 Å². The molecule has 0 aliphatic carbocycles. The number of carbonyl (C=O) groups is 1. The highest BCUT2D eigenvalue weighted by atomic mass is 32.1. The summed E-state index contributed by atoms with van der Waals surface area (Å²) in [5.74, 6) is 0.112. The first-order valence-corrected chi connectivity index (χ1v) is 6.87. The van der Waals surface area contributed by atoms with Crippen LogP contribution in [0.3, 0.4) is 0 Å². The molecule has 2 N–H and O–H groups in total. The molecule has 94 valence electrons. The van der Waals surface area contributed by atoms with Crippen molar-refractivity contribution in [3.8, 4) is 0 Å². The predicted octanol–water partition coefficient (Wildman–Crippen LogP) is 1.69. The van der Waals surface area contributed by atoms with Crippen molar-refractivity contribution >= 4 is 17.2 Å². The van der Waals surface area contributed by atoms with Crippen molar-refractivity contribution < 1.29 is 4.79 Å². The minimum absolute atomic E-state index is 0.00762. The Kier molecular flexibility index (Phi) is 3.79. The van der Waals surface area contributed by atoms with E-state index >= 15 is 0 Å². The van der Waals surface area contributed by atoms with E-state index in [0.29, 0.717) is 0 Å². The van der Waals surface area contributed by atoms with Crippen LogP contribution >= 0.6 is 11.3 Å². The summed E-state index contributed by atoms with van der Waals surface area (Å²) >= 11 is 1.66. The number of rotatable bonds is 3. The monoisotopic (exact) mass is 253 g/mol. The third-order valence-electron chi connectivity index (χ3n) is 3.07.